The van der Waals surface area contributed by atoms with Crippen LogP contribution < -0.4 is 9.21 Å². The van der Waals surface area contributed by atoms with E-state index in [9.17, 15) is 8.42 Å². The number of para-hydroxylation sites is 2. The van der Waals surface area contributed by atoms with Gasteiger partial charge in [0, 0.05) is 31.2 Å². The third kappa shape index (κ3) is 5.77. The topological polar surface area (TPSA) is 53.1 Å². The number of likely N-dealkylation sites (N-methyl/N-ethyl adjacent to an activating group) is 1. The normalized spacial score (nSPS) is 14.6. The molecule has 2 aromatic rings. The highest BCUT2D eigenvalue weighted by Gasteiger charge is 2.28. The average molecular weight is 460 g/mol. The lowest BCUT2D eigenvalue weighted by molar-refractivity contribution is 0.123. The van der Waals surface area contributed by atoms with E-state index in [4.69, 9.17) is 16.3 Å². The monoisotopic (exact) mass is 459 g/mol. The van der Waals surface area contributed by atoms with Gasteiger partial charge in [-0.1, -0.05) is 23.7 Å². The number of morpholine rings is 1. The van der Waals surface area contributed by atoms with Crippen molar-refractivity contribution in [3.63, 3.8) is 0 Å². The van der Waals surface area contributed by atoms with Crippen LogP contribution in [0.2, 0.25) is 5.02 Å². The third-order valence-electron chi connectivity index (χ3n) is 4.65. The molecule has 0 spiro atoms. The first-order valence-corrected chi connectivity index (χ1v) is 11.1. The zero-order valence-electron chi connectivity index (χ0n) is 16.6. The number of anilines is 2. The summed E-state index contributed by atoms with van der Waals surface area (Å²) in [5.41, 5.74) is 1.59. The van der Waals surface area contributed by atoms with Gasteiger partial charge in [0.2, 0.25) is 0 Å². The Morgan fingerprint density at radius 2 is 1.62 bits per heavy atom. The minimum Gasteiger partial charge on any atom is -0.378 e. The molecule has 0 aliphatic carbocycles. The summed E-state index contributed by atoms with van der Waals surface area (Å²) in [7, 11) is 0.125. The maximum absolute atomic E-state index is 13.5. The van der Waals surface area contributed by atoms with Gasteiger partial charge in [-0.3, -0.25) is 4.31 Å². The third-order valence-corrected chi connectivity index (χ3v) is 6.73. The molecule has 1 aliphatic heterocycles. The summed E-state index contributed by atoms with van der Waals surface area (Å²) in [4.78, 5) is 4.38. The molecule has 0 aromatic heterocycles. The molecule has 160 valence electrons. The lowest BCUT2D eigenvalue weighted by Crippen LogP contribution is -2.40. The van der Waals surface area contributed by atoms with E-state index < -0.39 is 10.0 Å². The van der Waals surface area contributed by atoms with Crippen LogP contribution in [-0.4, -0.2) is 66.8 Å². The molecule has 0 bridgehead atoms. The second kappa shape index (κ2) is 10.5. The molecule has 0 unspecified atom stereocenters. The van der Waals surface area contributed by atoms with Gasteiger partial charge in [0.15, 0.2) is 0 Å². The molecule has 6 nitrogen and oxygen atoms in total. The van der Waals surface area contributed by atoms with Crippen molar-refractivity contribution in [3.05, 3.63) is 53.6 Å². The molecular weight excluding hydrogens is 433 g/mol. The van der Waals surface area contributed by atoms with Gasteiger partial charge in [-0.05, 0) is 50.5 Å². The average Bonchev–Trinajstić information content (AvgIpc) is 2.69. The van der Waals surface area contributed by atoms with Crippen LogP contribution >= 0.6 is 24.0 Å². The molecule has 3 rings (SSSR count). The first kappa shape index (κ1) is 23.8. The Labute approximate surface area is 184 Å². The summed E-state index contributed by atoms with van der Waals surface area (Å²) < 4.78 is 34.0. The summed E-state index contributed by atoms with van der Waals surface area (Å²) in [5.74, 6) is 0. The van der Waals surface area contributed by atoms with Gasteiger partial charge in [-0.2, -0.15) is 0 Å². The number of halogens is 2. The predicted molar refractivity (Wildman–Crippen MR) is 121 cm³/mol. The van der Waals surface area contributed by atoms with Crippen molar-refractivity contribution in [2.45, 2.75) is 4.90 Å². The number of sulfonamides is 1. The van der Waals surface area contributed by atoms with Crippen LogP contribution in [-0.2, 0) is 14.8 Å². The Balaban J connectivity index is 0.00000300. The number of ether oxygens (including phenoxy) is 1. The van der Waals surface area contributed by atoms with Crippen LogP contribution in [0, 0.1) is 0 Å². The molecule has 1 saturated heterocycles. The van der Waals surface area contributed by atoms with E-state index in [1.807, 2.05) is 43.3 Å². The number of hydrogen-bond donors (Lipinski definition) is 0. The molecule has 0 amide bonds. The highest BCUT2D eigenvalue weighted by Crippen LogP contribution is 2.33. The van der Waals surface area contributed by atoms with E-state index in [0.717, 1.165) is 18.8 Å². The molecule has 0 radical (unpaired) electrons. The Bertz CT molecular complexity index is 886. The molecule has 2 aromatic carbocycles. The van der Waals surface area contributed by atoms with Crippen LogP contribution in [0.3, 0.4) is 0 Å². The second-order valence-electron chi connectivity index (χ2n) is 6.92. The van der Waals surface area contributed by atoms with Gasteiger partial charge in [0.1, 0.15) is 0 Å². The minimum atomic E-state index is -3.74. The number of nitrogens with zero attached hydrogens (tertiary/aromatic N) is 3. The van der Waals surface area contributed by atoms with E-state index in [1.165, 1.54) is 4.31 Å². The zero-order valence-corrected chi connectivity index (χ0v) is 19.0. The molecule has 29 heavy (non-hydrogen) atoms. The summed E-state index contributed by atoms with van der Waals surface area (Å²) in [5, 5.41) is 0.507. The fraction of sp³-hybridized carbons (Fsp3) is 0.400. The largest absolute Gasteiger partial charge is 0.378 e. The molecule has 9 heteroatoms. The van der Waals surface area contributed by atoms with Crippen molar-refractivity contribution < 1.29 is 13.2 Å². The Morgan fingerprint density at radius 1 is 1.00 bits per heavy atom. The molecule has 0 saturated carbocycles. The standard InChI is InChI=1S/C20H26ClN3O3S.ClH/c1-22(2)11-12-24(28(25,26)18-9-7-17(21)8-10-18)20-6-4-3-5-19(20)23-13-15-27-16-14-23;/h3-10H,11-16H2,1-2H3;1H. The van der Waals surface area contributed by atoms with Gasteiger partial charge in [0.05, 0.1) is 29.5 Å². The van der Waals surface area contributed by atoms with Crippen LogP contribution in [0.5, 0.6) is 0 Å². The van der Waals surface area contributed by atoms with Crippen molar-refractivity contribution in [2.75, 3.05) is 62.7 Å². The summed E-state index contributed by atoms with van der Waals surface area (Å²) >= 11 is 5.95. The first-order chi connectivity index (χ1) is 13.4. The van der Waals surface area contributed by atoms with Gasteiger partial charge in [-0.25, -0.2) is 8.42 Å². The van der Waals surface area contributed by atoms with E-state index in [1.54, 1.807) is 24.3 Å². The van der Waals surface area contributed by atoms with Crippen molar-refractivity contribution in [1.82, 2.24) is 4.90 Å². The second-order valence-corrected chi connectivity index (χ2v) is 9.22. The molecule has 0 atom stereocenters. The Kier molecular flexibility index (Phi) is 8.60. The van der Waals surface area contributed by atoms with Crippen LogP contribution in [0.4, 0.5) is 11.4 Å². The maximum atomic E-state index is 13.5. The maximum Gasteiger partial charge on any atom is 0.264 e. The lowest BCUT2D eigenvalue weighted by atomic mass is 10.2. The fourth-order valence-corrected chi connectivity index (χ4v) is 4.74. The van der Waals surface area contributed by atoms with Crippen LogP contribution in [0.15, 0.2) is 53.4 Å². The molecule has 0 N–H and O–H groups in total. The van der Waals surface area contributed by atoms with Crippen molar-refractivity contribution >= 4 is 45.4 Å². The predicted octanol–water partition coefficient (Wildman–Crippen LogP) is 3.36. The van der Waals surface area contributed by atoms with E-state index >= 15 is 0 Å². The van der Waals surface area contributed by atoms with Gasteiger partial charge < -0.3 is 14.5 Å². The van der Waals surface area contributed by atoms with Crippen molar-refractivity contribution in [2.24, 2.45) is 0 Å². The van der Waals surface area contributed by atoms with Crippen LogP contribution in [0.1, 0.15) is 0 Å². The summed E-state index contributed by atoms with van der Waals surface area (Å²) in [6.45, 7) is 3.69. The fourth-order valence-electron chi connectivity index (χ4n) is 3.14. The molecule has 1 fully saturated rings. The van der Waals surface area contributed by atoms with E-state index in [-0.39, 0.29) is 17.3 Å². The van der Waals surface area contributed by atoms with Crippen molar-refractivity contribution in [1.29, 1.82) is 0 Å². The summed E-state index contributed by atoms with van der Waals surface area (Å²) in [6, 6.07) is 14.0. The lowest BCUT2D eigenvalue weighted by Gasteiger charge is -2.34. The van der Waals surface area contributed by atoms with E-state index in [0.29, 0.717) is 37.0 Å². The van der Waals surface area contributed by atoms with Crippen molar-refractivity contribution in [3.8, 4) is 0 Å². The number of rotatable bonds is 7. The SMILES string of the molecule is CN(C)CCN(c1ccccc1N1CCOCC1)S(=O)(=O)c1ccc(Cl)cc1.Cl. The van der Waals surface area contributed by atoms with Gasteiger partial charge >= 0.3 is 0 Å². The molecule has 1 heterocycles. The molecule has 1 aliphatic rings. The molecular formula is C20H27Cl2N3O3S. The van der Waals surface area contributed by atoms with Crippen LogP contribution in [0.25, 0.3) is 0 Å². The zero-order chi connectivity index (χ0) is 20.1. The Hall–Kier alpha value is -1.51. The number of benzene rings is 2. The smallest absolute Gasteiger partial charge is 0.264 e. The highest BCUT2D eigenvalue weighted by molar-refractivity contribution is 7.92. The Morgan fingerprint density at radius 3 is 2.24 bits per heavy atom. The minimum absolute atomic E-state index is 0. The number of hydrogen-bond acceptors (Lipinski definition) is 5. The first-order valence-electron chi connectivity index (χ1n) is 9.24. The van der Waals surface area contributed by atoms with Gasteiger partial charge in [-0.15, -0.1) is 12.4 Å². The van der Waals surface area contributed by atoms with Gasteiger partial charge in [0.25, 0.3) is 10.0 Å². The van der Waals surface area contributed by atoms with E-state index in [2.05, 4.69) is 4.90 Å². The quantitative estimate of drug-likeness (QED) is 0.635. The highest BCUT2D eigenvalue weighted by atomic mass is 35.5. The summed E-state index contributed by atoms with van der Waals surface area (Å²) in [6.07, 6.45) is 0.